The largest absolute Gasteiger partial charge is 0.326 e. The Kier molecular flexibility index (Phi) is 6.54. The number of anilines is 2. The molecule has 1 N–H and O–H groups in total. The molecule has 0 spiro atoms. The molecule has 0 saturated carbocycles. The van der Waals surface area contributed by atoms with E-state index in [0.717, 1.165) is 16.9 Å². The van der Waals surface area contributed by atoms with Gasteiger partial charge >= 0.3 is 0 Å². The van der Waals surface area contributed by atoms with Crippen molar-refractivity contribution < 1.29 is 9.59 Å². The highest BCUT2D eigenvalue weighted by molar-refractivity contribution is 8.00. The average Bonchev–Trinajstić information content (AvgIpc) is 3.09. The van der Waals surface area contributed by atoms with Crippen LogP contribution < -0.4 is 10.2 Å². The maximum absolute atomic E-state index is 12.6. The number of nitrogens with zero attached hydrogens (tertiary/aromatic N) is 1. The molecule has 1 atom stereocenters. The molecule has 160 valence electrons. The van der Waals surface area contributed by atoms with Gasteiger partial charge in [0, 0.05) is 17.3 Å². The minimum Gasteiger partial charge on any atom is -0.326 e. The van der Waals surface area contributed by atoms with E-state index in [2.05, 4.69) is 38.2 Å². The first-order chi connectivity index (χ1) is 14.0. The summed E-state index contributed by atoms with van der Waals surface area (Å²) in [6.45, 7) is 10.2. The van der Waals surface area contributed by atoms with Crippen molar-refractivity contribution in [2.24, 2.45) is 5.41 Å². The van der Waals surface area contributed by atoms with Crippen LogP contribution in [0.25, 0.3) is 0 Å². The lowest BCUT2D eigenvalue weighted by Crippen LogP contribution is -2.32. The van der Waals surface area contributed by atoms with Crippen molar-refractivity contribution in [3.8, 4) is 0 Å². The van der Waals surface area contributed by atoms with Gasteiger partial charge in [-0.2, -0.15) is 0 Å². The molecule has 1 heterocycles. The van der Waals surface area contributed by atoms with Gasteiger partial charge in [0.2, 0.25) is 11.8 Å². The van der Waals surface area contributed by atoms with E-state index in [-0.39, 0.29) is 28.5 Å². The summed E-state index contributed by atoms with van der Waals surface area (Å²) in [4.78, 5) is 26.8. The Morgan fingerprint density at radius 3 is 2.20 bits per heavy atom. The van der Waals surface area contributed by atoms with Crippen LogP contribution in [0.1, 0.15) is 51.1 Å². The highest BCUT2D eigenvalue weighted by atomic mass is 35.5. The highest BCUT2D eigenvalue weighted by Gasteiger charge is 2.34. The van der Waals surface area contributed by atoms with Crippen molar-refractivity contribution in [1.29, 1.82) is 0 Å². The lowest BCUT2D eigenvalue weighted by atomic mass is 9.87. The van der Waals surface area contributed by atoms with Crippen LogP contribution in [0.15, 0.2) is 48.5 Å². The zero-order chi connectivity index (χ0) is 22.1. The van der Waals surface area contributed by atoms with E-state index in [1.54, 1.807) is 11.8 Å². The predicted molar refractivity (Wildman–Crippen MR) is 127 cm³/mol. The number of hydrogen-bond donors (Lipinski definition) is 1. The summed E-state index contributed by atoms with van der Waals surface area (Å²) in [7, 11) is 0. The second-order valence-electron chi connectivity index (χ2n) is 9.32. The number of halogens is 1. The first-order valence-electron chi connectivity index (χ1n) is 10.0. The minimum absolute atomic E-state index is 0.0694. The fourth-order valence-corrected chi connectivity index (χ4v) is 4.46. The van der Waals surface area contributed by atoms with Gasteiger partial charge in [0.25, 0.3) is 0 Å². The van der Waals surface area contributed by atoms with Crippen LogP contribution in [0.5, 0.6) is 0 Å². The van der Waals surface area contributed by atoms with E-state index in [1.807, 2.05) is 55.1 Å². The van der Waals surface area contributed by atoms with Crippen molar-refractivity contribution >= 4 is 46.6 Å². The Bertz CT molecular complexity index is 918. The summed E-state index contributed by atoms with van der Waals surface area (Å²) < 4.78 is 0. The molecular weight excluding hydrogens is 416 g/mol. The van der Waals surface area contributed by atoms with Crippen LogP contribution in [0.3, 0.4) is 0 Å². The fourth-order valence-electron chi connectivity index (χ4n) is 3.16. The molecule has 6 heteroatoms. The van der Waals surface area contributed by atoms with Gasteiger partial charge in [-0.05, 0) is 54.7 Å². The number of benzene rings is 2. The van der Waals surface area contributed by atoms with E-state index in [4.69, 9.17) is 11.6 Å². The maximum atomic E-state index is 12.6. The van der Waals surface area contributed by atoms with E-state index in [9.17, 15) is 9.59 Å². The number of thioether (sulfide) groups is 1. The molecule has 2 amide bonds. The summed E-state index contributed by atoms with van der Waals surface area (Å²) >= 11 is 7.50. The smallest absolute Gasteiger partial charge is 0.238 e. The molecule has 0 radical (unpaired) electrons. The van der Waals surface area contributed by atoms with Gasteiger partial charge in [0.05, 0.1) is 11.2 Å². The highest BCUT2D eigenvalue weighted by Crippen LogP contribution is 2.42. The fraction of sp³-hybridized carbons (Fsp3) is 0.417. The zero-order valence-corrected chi connectivity index (χ0v) is 19.7. The lowest BCUT2D eigenvalue weighted by molar-refractivity contribution is -0.123. The number of hydrogen-bond acceptors (Lipinski definition) is 3. The molecule has 2 aromatic carbocycles. The van der Waals surface area contributed by atoms with E-state index in [0.29, 0.717) is 5.75 Å². The molecule has 4 nitrogen and oxygen atoms in total. The molecule has 1 aliphatic heterocycles. The van der Waals surface area contributed by atoms with Gasteiger partial charge in [0.15, 0.2) is 0 Å². The Morgan fingerprint density at radius 1 is 1.07 bits per heavy atom. The molecule has 2 aromatic rings. The Hall–Kier alpha value is -1.98. The molecule has 1 fully saturated rings. The third kappa shape index (κ3) is 4.84. The maximum Gasteiger partial charge on any atom is 0.238 e. The first kappa shape index (κ1) is 22.7. The summed E-state index contributed by atoms with van der Waals surface area (Å²) in [5.74, 6) is 0.695. The van der Waals surface area contributed by atoms with Crippen molar-refractivity contribution in [3.63, 3.8) is 0 Å². The van der Waals surface area contributed by atoms with Crippen LogP contribution >= 0.6 is 23.4 Å². The Labute approximate surface area is 188 Å². The van der Waals surface area contributed by atoms with Gasteiger partial charge in [-0.25, -0.2) is 0 Å². The number of alkyl halides is 1. The van der Waals surface area contributed by atoms with Crippen LogP contribution in [-0.2, 0) is 15.0 Å². The molecule has 3 rings (SSSR count). The molecule has 0 aromatic heterocycles. The zero-order valence-electron chi connectivity index (χ0n) is 18.2. The standard InChI is InChI=1S/C24H29ClN2O2S/c1-23(2,3)17-8-12-19(13-9-17)27-20(28)14-30-21(27)16-6-10-18(11-7-16)26-22(29)24(4,5)15-25/h6-13,21H,14-15H2,1-5H3,(H,26,29)/t21-/m1/s1. The van der Waals surface area contributed by atoms with Gasteiger partial charge in [-0.3, -0.25) is 14.5 Å². The van der Waals surface area contributed by atoms with Crippen molar-refractivity contribution in [2.75, 3.05) is 21.8 Å². The average molecular weight is 445 g/mol. The summed E-state index contributed by atoms with van der Waals surface area (Å²) in [5.41, 5.74) is 3.33. The molecule has 0 bridgehead atoms. The van der Waals surface area contributed by atoms with Crippen molar-refractivity contribution in [2.45, 2.75) is 45.4 Å². The molecule has 1 aliphatic rings. The van der Waals surface area contributed by atoms with Crippen LogP contribution in [0, 0.1) is 5.41 Å². The second kappa shape index (κ2) is 8.64. The molecule has 1 saturated heterocycles. The number of carbonyl (C=O) groups excluding carboxylic acids is 2. The number of nitrogens with one attached hydrogen (secondary N) is 1. The predicted octanol–water partition coefficient (Wildman–Crippen LogP) is 5.97. The van der Waals surface area contributed by atoms with Gasteiger partial charge in [-0.1, -0.05) is 45.0 Å². The number of carbonyl (C=O) groups is 2. The van der Waals surface area contributed by atoms with Crippen molar-refractivity contribution in [3.05, 3.63) is 59.7 Å². The normalized spacial score (nSPS) is 17.3. The Balaban J connectivity index is 1.79. The topological polar surface area (TPSA) is 49.4 Å². The number of rotatable bonds is 5. The van der Waals surface area contributed by atoms with E-state index >= 15 is 0 Å². The van der Waals surface area contributed by atoms with Crippen LogP contribution in [0.4, 0.5) is 11.4 Å². The lowest BCUT2D eigenvalue weighted by Gasteiger charge is -2.26. The summed E-state index contributed by atoms with van der Waals surface area (Å²) in [5, 5.41) is 2.83. The minimum atomic E-state index is -0.635. The quantitative estimate of drug-likeness (QED) is 0.578. The van der Waals surface area contributed by atoms with Gasteiger partial charge in [-0.15, -0.1) is 23.4 Å². The molecular formula is C24H29ClN2O2S. The van der Waals surface area contributed by atoms with Gasteiger partial charge < -0.3 is 5.32 Å². The van der Waals surface area contributed by atoms with Gasteiger partial charge in [0.1, 0.15) is 5.37 Å². The third-order valence-corrected chi connectivity index (χ3v) is 7.16. The second-order valence-corrected chi connectivity index (χ2v) is 10.7. The summed E-state index contributed by atoms with van der Waals surface area (Å²) in [6.07, 6.45) is 0. The van der Waals surface area contributed by atoms with E-state index < -0.39 is 5.41 Å². The first-order valence-corrected chi connectivity index (χ1v) is 11.6. The SMILES string of the molecule is CC(C)(CCl)C(=O)Nc1ccc([C@H]2SCC(=O)N2c2ccc(C(C)(C)C)cc2)cc1. The van der Waals surface area contributed by atoms with Crippen LogP contribution in [0.2, 0.25) is 0 Å². The molecule has 30 heavy (non-hydrogen) atoms. The van der Waals surface area contributed by atoms with E-state index in [1.165, 1.54) is 5.56 Å². The third-order valence-electron chi connectivity index (χ3n) is 5.28. The van der Waals surface area contributed by atoms with Crippen LogP contribution in [-0.4, -0.2) is 23.4 Å². The van der Waals surface area contributed by atoms with Crippen molar-refractivity contribution in [1.82, 2.24) is 0 Å². The Morgan fingerprint density at radius 2 is 1.67 bits per heavy atom. The monoisotopic (exact) mass is 444 g/mol. The molecule has 0 aliphatic carbocycles. The summed E-state index contributed by atoms with van der Waals surface area (Å²) in [6, 6.07) is 15.9. The molecule has 0 unspecified atom stereocenters. The number of amides is 2.